The van der Waals surface area contributed by atoms with Crippen LogP contribution in [0.3, 0.4) is 0 Å². The molecule has 1 amide bonds. The van der Waals surface area contributed by atoms with Crippen molar-refractivity contribution in [1.82, 2.24) is 10.8 Å². The van der Waals surface area contributed by atoms with Crippen LogP contribution in [-0.4, -0.2) is 12.1 Å². The predicted molar refractivity (Wildman–Crippen MR) is 66.9 cm³/mol. The van der Waals surface area contributed by atoms with Gasteiger partial charge < -0.3 is 10.2 Å². The van der Waals surface area contributed by atoms with Crippen molar-refractivity contribution in [2.24, 2.45) is 4.99 Å². The zero-order valence-corrected chi connectivity index (χ0v) is 10.0. The fourth-order valence-corrected chi connectivity index (χ4v) is 1.92. The quantitative estimate of drug-likeness (QED) is 0.802. The van der Waals surface area contributed by atoms with E-state index in [1.165, 1.54) is 6.07 Å². The Labute approximate surface area is 108 Å². The molecule has 2 aliphatic heterocycles. The number of allylic oxidation sites excluding steroid dienone is 1. The number of hydrogen-bond acceptors (Lipinski definition) is 4. The van der Waals surface area contributed by atoms with Gasteiger partial charge in [0, 0.05) is 5.56 Å². The third-order valence-corrected chi connectivity index (χ3v) is 2.83. The Morgan fingerprint density at radius 1 is 1.26 bits per heavy atom. The lowest BCUT2D eigenvalue weighted by molar-refractivity contribution is -0.113. The molecule has 19 heavy (non-hydrogen) atoms. The van der Waals surface area contributed by atoms with E-state index < -0.39 is 5.82 Å². The second-order valence-electron chi connectivity index (χ2n) is 4.09. The molecule has 2 heterocycles. The van der Waals surface area contributed by atoms with Crippen LogP contribution in [0.15, 0.2) is 46.4 Å². The minimum absolute atomic E-state index is 0.300. The molecule has 0 aliphatic carbocycles. The van der Waals surface area contributed by atoms with Crippen molar-refractivity contribution in [3.63, 3.8) is 0 Å². The van der Waals surface area contributed by atoms with Crippen LogP contribution in [0.1, 0.15) is 12.5 Å². The SMILES string of the molecule is CC1=C2NC(=O)C=NC(c3ccccc3F)=C2NO1. The normalized spacial score (nSPS) is 17.7. The van der Waals surface area contributed by atoms with E-state index in [-0.39, 0.29) is 5.91 Å². The highest BCUT2D eigenvalue weighted by molar-refractivity contribution is 6.28. The van der Waals surface area contributed by atoms with Crippen LogP contribution in [0.2, 0.25) is 0 Å². The molecular weight excluding hydrogens is 249 g/mol. The Kier molecular flexibility index (Phi) is 2.56. The molecule has 0 spiro atoms. The van der Waals surface area contributed by atoms with Gasteiger partial charge in [-0.05, 0) is 19.1 Å². The lowest BCUT2D eigenvalue weighted by Gasteiger charge is -2.07. The van der Waals surface area contributed by atoms with Crippen LogP contribution < -0.4 is 10.8 Å². The molecule has 3 rings (SSSR count). The Hall–Kier alpha value is -2.63. The second kappa shape index (κ2) is 4.24. The van der Waals surface area contributed by atoms with Gasteiger partial charge in [0.25, 0.3) is 5.91 Å². The number of nitrogens with zero attached hydrogens (tertiary/aromatic N) is 1. The number of benzene rings is 1. The van der Waals surface area contributed by atoms with Crippen molar-refractivity contribution in [3.8, 4) is 0 Å². The number of fused-ring (bicyclic) bond motifs is 1. The maximum atomic E-state index is 13.9. The van der Waals surface area contributed by atoms with Crippen molar-refractivity contribution in [2.75, 3.05) is 0 Å². The number of rotatable bonds is 1. The molecule has 6 heteroatoms. The molecule has 2 N–H and O–H groups in total. The van der Waals surface area contributed by atoms with E-state index in [4.69, 9.17) is 4.84 Å². The molecule has 5 nitrogen and oxygen atoms in total. The summed E-state index contributed by atoms with van der Waals surface area (Å²) >= 11 is 0. The molecule has 0 atom stereocenters. The Morgan fingerprint density at radius 3 is 2.84 bits per heavy atom. The first-order chi connectivity index (χ1) is 9.16. The number of hydroxylamine groups is 1. The van der Waals surface area contributed by atoms with E-state index in [9.17, 15) is 9.18 Å². The van der Waals surface area contributed by atoms with Crippen LogP contribution in [0.25, 0.3) is 5.70 Å². The van der Waals surface area contributed by atoms with Crippen LogP contribution in [-0.2, 0) is 9.63 Å². The van der Waals surface area contributed by atoms with Gasteiger partial charge in [0.1, 0.15) is 22.9 Å². The Morgan fingerprint density at radius 2 is 2.05 bits per heavy atom. The van der Waals surface area contributed by atoms with Gasteiger partial charge in [0.15, 0.2) is 5.76 Å². The molecule has 0 bridgehead atoms. The summed E-state index contributed by atoms with van der Waals surface area (Å²) in [4.78, 5) is 20.7. The first-order valence-electron chi connectivity index (χ1n) is 5.65. The molecular formula is C13H10FN3O2. The maximum Gasteiger partial charge on any atom is 0.266 e. The van der Waals surface area contributed by atoms with Gasteiger partial charge in [0.2, 0.25) is 0 Å². The molecule has 0 saturated heterocycles. The van der Waals surface area contributed by atoms with Crippen molar-refractivity contribution in [3.05, 3.63) is 52.8 Å². The fraction of sp³-hybridized carbons (Fsp3) is 0.0769. The molecule has 0 radical (unpaired) electrons. The van der Waals surface area contributed by atoms with E-state index in [1.54, 1.807) is 25.1 Å². The van der Waals surface area contributed by atoms with E-state index >= 15 is 0 Å². The molecule has 0 fully saturated rings. The van der Waals surface area contributed by atoms with Gasteiger partial charge in [-0.1, -0.05) is 12.1 Å². The first kappa shape index (κ1) is 11.5. The molecule has 1 aromatic carbocycles. The van der Waals surface area contributed by atoms with Gasteiger partial charge in [-0.3, -0.25) is 4.79 Å². The highest BCUT2D eigenvalue weighted by Gasteiger charge is 2.27. The minimum Gasteiger partial charge on any atom is -0.385 e. The second-order valence-corrected chi connectivity index (χ2v) is 4.09. The minimum atomic E-state index is -0.415. The summed E-state index contributed by atoms with van der Waals surface area (Å²) < 4.78 is 13.9. The topological polar surface area (TPSA) is 62.7 Å². The van der Waals surface area contributed by atoms with E-state index in [2.05, 4.69) is 15.8 Å². The first-order valence-corrected chi connectivity index (χ1v) is 5.65. The summed E-state index contributed by atoms with van der Waals surface area (Å²) in [5.74, 6) is -0.296. The third-order valence-electron chi connectivity index (χ3n) is 2.83. The van der Waals surface area contributed by atoms with E-state index in [0.717, 1.165) is 6.21 Å². The number of hydrogen-bond donors (Lipinski definition) is 2. The van der Waals surface area contributed by atoms with Gasteiger partial charge in [-0.2, -0.15) is 0 Å². The summed E-state index contributed by atoms with van der Waals surface area (Å²) in [5.41, 5.74) is 4.20. The summed E-state index contributed by atoms with van der Waals surface area (Å²) in [7, 11) is 0. The van der Waals surface area contributed by atoms with E-state index in [1.807, 2.05) is 0 Å². The fourth-order valence-electron chi connectivity index (χ4n) is 1.92. The Bertz CT molecular complexity index is 662. The molecule has 2 aliphatic rings. The zero-order valence-electron chi connectivity index (χ0n) is 10.0. The lowest BCUT2D eigenvalue weighted by Crippen LogP contribution is -2.24. The smallest absolute Gasteiger partial charge is 0.266 e. The lowest BCUT2D eigenvalue weighted by atomic mass is 10.1. The number of nitrogens with one attached hydrogen (secondary N) is 2. The highest BCUT2D eigenvalue weighted by Crippen LogP contribution is 2.30. The van der Waals surface area contributed by atoms with Crippen LogP contribution in [0.5, 0.6) is 0 Å². The van der Waals surface area contributed by atoms with Crippen molar-refractivity contribution < 1.29 is 14.0 Å². The number of amides is 1. The Balaban J connectivity index is 2.23. The largest absolute Gasteiger partial charge is 0.385 e. The summed E-state index contributed by atoms with van der Waals surface area (Å²) in [5, 5.41) is 2.63. The molecule has 1 aromatic rings. The van der Waals surface area contributed by atoms with Crippen molar-refractivity contribution in [1.29, 1.82) is 0 Å². The van der Waals surface area contributed by atoms with Gasteiger partial charge in [-0.25, -0.2) is 14.9 Å². The maximum absolute atomic E-state index is 13.9. The third kappa shape index (κ3) is 1.87. The van der Waals surface area contributed by atoms with E-state index in [0.29, 0.717) is 28.4 Å². The molecule has 0 aromatic heterocycles. The molecule has 0 unspecified atom stereocenters. The van der Waals surface area contributed by atoms with Crippen LogP contribution in [0, 0.1) is 5.82 Å². The summed E-state index contributed by atoms with van der Waals surface area (Å²) in [6.07, 6.45) is 1.12. The monoisotopic (exact) mass is 259 g/mol. The van der Waals surface area contributed by atoms with Gasteiger partial charge in [-0.15, -0.1) is 0 Å². The summed E-state index contributed by atoms with van der Waals surface area (Å²) in [6.45, 7) is 1.69. The average Bonchev–Trinajstić information content (AvgIpc) is 2.66. The van der Waals surface area contributed by atoms with Crippen LogP contribution >= 0.6 is 0 Å². The average molecular weight is 259 g/mol. The predicted octanol–water partition coefficient (Wildman–Crippen LogP) is 1.46. The number of halogens is 1. The highest BCUT2D eigenvalue weighted by atomic mass is 19.1. The zero-order chi connectivity index (χ0) is 13.4. The molecule has 0 saturated carbocycles. The number of aliphatic imine (C=N–C) groups is 1. The van der Waals surface area contributed by atoms with Crippen molar-refractivity contribution >= 4 is 17.8 Å². The van der Waals surface area contributed by atoms with Gasteiger partial charge >= 0.3 is 0 Å². The van der Waals surface area contributed by atoms with Crippen LogP contribution in [0.4, 0.5) is 4.39 Å². The van der Waals surface area contributed by atoms with Crippen molar-refractivity contribution in [2.45, 2.75) is 6.92 Å². The standard InChI is InChI=1S/C13H10FN3O2/c1-7-11-13(17-19-7)12(15-6-10(18)16-11)8-4-2-3-5-9(8)14/h2-6,17H,1H3,(H,16,18). The number of carbonyl (C=O) groups excluding carboxylic acids is 1. The van der Waals surface area contributed by atoms with Gasteiger partial charge in [0.05, 0.1) is 6.21 Å². The molecule has 96 valence electrons. The number of carbonyl (C=O) groups is 1. The summed E-state index contributed by atoms with van der Waals surface area (Å²) in [6, 6.07) is 6.23.